The number of nitrogens with zero attached hydrogens (tertiary/aromatic N) is 1. The minimum Gasteiger partial charge on any atom is -0.372 e. The molecule has 1 atom stereocenters. The molecule has 6 heteroatoms. The molecule has 0 saturated carbocycles. The first-order chi connectivity index (χ1) is 14.1. The number of benzene rings is 2. The van der Waals surface area contributed by atoms with Crippen LogP contribution in [0, 0.1) is 24.0 Å². The Morgan fingerprint density at radius 2 is 1.87 bits per heavy atom. The summed E-state index contributed by atoms with van der Waals surface area (Å²) in [5, 5.41) is 2.72. The largest absolute Gasteiger partial charge is 0.372 e. The lowest BCUT2D eigenvalue weighted by atomic mass is 9.92. The maximum absolute atomic E-state index is 14.8. The monoisotopic (exact) mass is 416 g/mol. The third kappa shape index (κ3) is 5.79. The Morgan fingerprint density at radius 3 is 2.50 bits per heavy atom. The topological polar surface area (TPSA) is 41.6 Å². The molecule has 0 radical (unpaired) electrons. The molecule has 162 valence electrons. The zero-order valence-corrected chi connectivity index (χ0v) is 18.1. The number of amides is 1. The van der Waals surface area contributed by atoms with Gasteiger partial charge in [-0.2, -0.15) is 0 Å². The van der Waals surface area contributed by atoms with Gasteiger partial charge in [-0.05, 0) is 54.2 Å². The highest BCUT2D eigenvalue weighted by Gasteiger charge is 2.22. The quantitative estimate of drug-likeness (QED) is 0.704. The van der Waals surface area contributed by atoms with E-state index in [1.807, 2.05) is 26.8 Å². The second-order valence-electron chi connectivity index (χ2n) is 9.09. The standard InChI is InChI=1S/C24H30F2N2O2/c1-16-13-19(14-20(26)23(16)27-22(29)15-24(2,3)4)28-10-9-21(30-12-11-28)17-5-7-18(25)8-6-17/h5-8,13-14,21H,9-12,15H2,1-4H3,(H,27,29)/t21-/m0/s1. The van der Waals surface area contributed by atoms with Gasteiger partial charge in [-0.25, -0.2) is 8.78 Å². The van der Waals surface area contributed by atoms with Crippen molar-refractivity contribution >= 4 is 17.3 Å². The van der Waals surface area contributed by atoms with Crippen LogP contribution in [0.4, 0.5) is 20.2 Å². The molecule has 1 amide bonds. The van der Waals surface area contributed by atoms with Crippen molar-refractivity contribution in [1.29, 1.82) is 0 Å². The molecule has 1 N–H and O–H groups in total. The molecule has 1 aliphatic heterocycles. The zero-order valence-electron chi connectivity index (χ0n) is 18.1. The average Bonchev–Trinajstić information content (AvgIpc) is 2.90. The Labute approximate surface area is 177 Å². The minimum atomic E-state index is -0.437. The molecule has 0 bridgehead atoms. The highest BCUT2D eigenvalue weighted by atomic mass is 19.1. The van der Waals surface area contributed by atoms with Crippen molar-refractivity contribution in [1.82, 2.24) is 0 Å². The van der Waals surface area contributed by atoms with Crippen molar-refractivity contribution in [3.63, 3.8) is 0 Å². The Kier molecular flexibility index (Phi) is 6.76. The van der Waals surface area contributed by atoms with Gasteiger partial charge in [-0.3, -0.25) is 4.79 Å². The number of ether oxygens (including phenoxy) is 1. The van der Waals surface area contributed by atoms with Gasteiger partial charge in [0.2, 0.25) is 5.91 Å². The van der Waals surface area contributed by atoms with Crippen molar-refractivity contribution in [3.05, 3.63) is 59.2 Å². The first kappa shape index (κ1) is 22.2. The number of anilines is 2. The van der Waals surface area contributed by atoms with E-state index in [0.29, 0.717) is 31.7 Å². The maximum atomic E-state index is 14.8. The number of aryl methyl sites for hydroxylation is 1. The molecular formula is C24H30F2N2O2. The number of carbonyl (C=O) groups is 1. The smallest absolute Gasteiger partial charge is 0.224 e. The Morgan fingerprint density at radius 1 is 1.17 bits per heavy atom. The van der Waals surface area contributed by atoms with Gasteiger partial charge in [0.05, 0.1) is 18.4 Å². The van der Waals surface area contributed by atoms with Gasteiger partial charge in [0.1, 0.15) is 11.6 Å². The number of hydrogen-bond donors (Lipinski definition) is 1. The molecule has 0 aliphatic carbocycles. The second kappa shape index (κ2) is 9.13. The summed E-state index contributed by atoms with van der Waals surface area (Å²) in [4.78, 5) is 14.3. The van der Waals surface area contributed by atoms with E-state index in [1.165, 1.54) is 18.2 Å². The van der Waals surface area contributed by atoms with Crippen LogP contribution in [0.5, 0.6) is 0 Å². The van der Waals surface area contributed by atoms with Crippen molar-refractivity contribution in [2.24, 2.45) is 5.41 Å². The van der Waals surface area contributed by atoms with Crippen LogP contribution in [0.15, 0.2) is 36.4 Å². The van der Waals surface area contributed by atoms with Gasteiger partial charge < -0.3 is 15.0 Å². The summed E-state index contributed by atoms with van der Waals surface area (Å²) in [6.07, 6.45) is 0.926. The van der Waals surface area contributed by atoms with Crippen molar-refractivity contribution in [2.75, 3.05) is 29.9 Å². The Bertz CT molecular complexity index is 868. The fourth-order valence-electron chi connectivity index (χ4n) is 3.70. The third-order valence-electron chi connectivity index (χ3n) is 5.18. The van der Waals surface area contributed by atoms with E-state index >= 15 is 0 Å². The van der Waals surface area contributed by atoms with Crippen molar-refractivity contribution in [2.45, 2.75) is 46.6 Å². The molecule has 2 aromatic rings. The summed E-state index contributed by atoms with van der Waals surface area (Å²) in [6, 6.07) is 9.73. The number of carbonyl (C=O) groups excluding carboxylic acids is 1. The molecule has 1 fully saturated rings. The maximum Gasteiger partial charge on any atom is 0.224 e. The average molecular weight is 417 g/mol. The number of nitrogens with one attached hydrogen (secondary N) is 1. The van der Waals surface area contributed by atoms with E-state index in [2.05, 4.69) is 10.2 Å². The summed E-state index contributed by atoms with van der Waals surface area (Å²) in [5.74, 6) is -0.898. The molecule has 0 spiro atoms. The molecule has 1 heterocycles. The Hall–Kier alpha value is -2.47. The second-order valence-corrected chi connectivity index (χ2v) is 9.09. The molecule has 2 aromatic carbocycles. The molecular weight excluding hydrogens is 386 g/mol. The molecule has 30 heavy (non-hydrogen) atoms. The fourth-order valence-corrected chi connectivity index (χ4v) is 3.70. The van der Waals surface area contributed by atoms with Gasteiger partial charge >= 0.3 is 0 Å². The molecule has 0 aromatic heterocycles. The lowest BCUT2D eigenvalue weighted by Gasteiger charge is -2.24. The lowest BCUT2D eigenvalue weighted by molar-refractivity contribution is -0.117. The van der Waals surface area contributed by atoms with Crippen molar-refractivity contribution in [3.8, 4) is 0 Å². The molecule has 4 nitrogen and oxygen atoms in total. The first-order valence-corrected chi connectivity index (χ1v) is 10.3. The van der Waals surface area contributed by atoms with E-state index in [4.69, 9.17) is 4.74 Å². The van der Waals surface area contributed by atoms with Crippen LogP contribution in [-0.2, 0) is 9.53 Å². The normalized spacial score (nSPS) is 17.5. The highest BCUT2D eigenvalue weighted by Crippen LogP contribution is 2.31. The highest BCUT2D eigenvalue weighted by molar-refractivity contribution is 5.92. The zero-order chi connectivity index (χ0) is 21.9. The molecule has 3 rings (SSSR count). The van der Waals surface area contributed by atoms with E-state index in [0.717, 1.165) is 17.7 Å². The third-order valence-corrected chi connectivity index (χ3v) is 5.18. The van der Waals surface area contributed by atoms with Gasteiger partial charge in [0.15, 0.2) is 0 Å². The summed E-state index contributed by atoms with van der Waals surface area (Å²) in [6.45, 7) is 9.53. The van der Waals surface area contributed by atoms with E-state index in [-0.39, 0.29) is 28.9 Å². The van der Waals surface area contributed by atoms with Crippen LogP contribution < -0.4 is 10.2 Å². The van der Waals surface area contributed by atoms with Gasteiger partial charge in [-0.15, -0.1) is 0 Å². The predicted octanol–water partition coefficient (Wildman–Crippen LogP) is 5.62. The van der Waals surface area contributed by atoms with Crippen LogP contribution >= 0.6 is 0 Å². The Balaban J connectivity index is 1.70. The van der Waals surface area contributed by atoms with Crippen molar-refractivity contribution < 1.29 is 18.3 Å². The van der Waals surface area contributed by atoms with Gasteiger partial charge in [0.25, 0.3) is 0 Å². The van der Waals surface area contributed by atoms with Crippen LogP contribution in [0.1, 0.15) is 50.8 Å². The number of halogens is 2. The molecule has 1 saturated heterocycles. The summed E-state index contributed by atoms with van der Waals surface area (Å²) in [5.41, 5.74) is 2.47. The van der Waals surface area contributed by atoms with E-state index in [1.54, 1.807) is 19.1 Å². The minimum absolute atomic E-state index is 0.113. The van der Waals surface area contributed by atoms with Gasteiger partial charge in [-0.1, -0.05) is 32.9 Å². The fraction of sp³-hybridized carbons (Fsp3) is 0.458. The lowest BCUT2D eigenvalue weighted by Crippen LogP contribution is -2.26. The number of hydrogen-bond acceptors (Lipinski definition) is 3. The van der Waals surface area contributed by atoms with Crippen LogP contribution in [0.3, 0.4) is 0 Å². The summed E-state index contributed by atoms with van der Waals surface area (Å²) < 4.78 is 34.0. The summed E-state index contributed by atoms with van der Waals surface area (Å²) >= 11 is 0. The van der Waals surface area contributed by atoms with Crippen LogP contribution in [0.25, 0.3) is 0 Å². The molecule has 0 unspecified atom stereocenters. The van der Waals surface area contributed by atoms with Crippen LogP contribution in [-0.4, -0.2) is 25.6 Å². The van der Waals surface area contributed by atoms with E-state index < -0.39 is 5.82 Å². The molecule has 1 aliphatic rings. The van der Waals surface area contributed by atoms with E-state index in [9.17, 15) is 13.6 Å². The SMILES string of the molecule is Cc1cc(N2CCO[C@H](c3ccc(F)cc3)CC2)cc(F)c1NC(=O)CC(C)(C)C. The van der Waals surface area contributed by atoms with Gasteiger partial charge in [0, 0.05) is 25.2 Å². The predicted molar refractivity (Wildman–Crippen MR) is 116 cm³/mol. The summed E-state index contributed by atoms with van der Waals surface area (Å²) in [7, 11) is 0. The number of rotatable bonds is 4. The first-order valence-electron chi connectivity index (χ1n) is 10.3. The van der Waals surface area contributed by atoms with Crippen LogP contribution in [0.2, 0.25) is 0 Å².